The summed E-state index contributed by atoms with van der Waals surface area (Å²) < 4.78 is 1.68. The van der Waals surface area contributed by atoms with E-state index in [0.29, 0.717) is 18.3 Å². The molecule has 1 aromatic heterocycles. The topological polar surface area (TPSA) is 58.4 Å². The Morgan fingerprint density at radius 2 is 2.00 bits per heavy atom. The van der Waals surface area contributed by atoms with E-state index in [2.05, 4.69) is 10.00 Å². The summed E-state index contributed by atoms with van der Waals surface area (Å²) in [5, 5.41) is 4.62. The first-order chi connectivity index (χ1) is 12.1. The van der Waals surface area contributed by atoms with E-state index >= 15 is 0 Å². The van der Waals surface area contributed by atoms with E-state index in [1.54, 1.807) is 10.7 Å². The first-order valence-corrected chi connectivity index (χ1v) is 10.4. The number of hydrogen-bond donors (Lipinski definition) is 0. The van der Waals surface area contributed by atoms with Crippen LogP contribution in [0, 0.1) is 11.8 Å². The molecule has 136 valence electrons. The van der Waals surface area contributed by atoms with Crippen LogP contribution in [-0.4, -0.2) is 64.5 Å². The van der Waals surface area contributed by atoms with E-state index < -0.39 is 0 Å². The standard InChI is InChI=1S/C18H26N4O2S/c1-20-7-13(2-3-17(20)23)8-21-9-14(10-21)11-22-18(24)6-15-12-25-5-4-16(15)19-22/h6,13-14H,2-5,7-12H2,1H3. The van der Waals surface area contributed by atoms with Crippen molar-refractivity contribution in [3.8, 4) is 0 Å². The summed E-state index contributed by atoms with van der Waals surface area (Å²) in [6.07, 6.45) is 2.67. The van der Waals surface area contributed by atoms with Crippen LogP contribution in [-0.2, 0) is 23.5 Å². The highest BCUT2D eigenvalue weighted by molar-refractivity contribution is 7.98. The summed E-state index contributed by atoms with van der Waals surface area (Å²) in [7, 11) is 1.90. The lowest BCUT2D eigenvalue weighted by atomic mass is 9.93. The predicted octanol–water partition coefficient (Wildman–Crippen LogP) is 0.833. The van der Waals surface area contributed by atoms with Gasteiger partial charge in [0.2, 0.25) is 5.91 Å². The number of fused-ring (bicyclic) bond motifs is 1. The molecular formula is C18H26N4O2S. The minimum atomic E-state index is 0.0483. The summed E-state index contributed by atoms with van der Waals surface area (Å²) in [6.45, 7) is 4.75. The van der Waals surface area contributed by atoms with Gasteiger partial charge < -0.3 is 9.80 Å². The van der Waals surface area contributed by atoms with E-state index in [0.717, 1.165) is 68.3 Å². The van der Waals surface area contributed by atoms with E-state index in [4.69, 9.17) is 0 Å². The second kappa shape index (κ2) is 7.11. The van der Waals surface area contributed by atoms with E-state index in [1.807, 2.05) is 23.7 Å². The van der Waals surface area contributed by atoms with Crippen LogP contribution in [0.5, 0.6) is 0 Å². The van der Waals surface area contributed by atoms with Gasteiger partial charge in [-0.15, -0.1) is 0 Å². The molecule has 4 rings (SSSR count). The lowest BCUT2D eigenvalue weighted by molar-refractivity contribution is -0.133. The Hall–Kier alpha value is -1.34. The summed E-state index contributed by atoms with van der Waals surface area (Å²) in [6, 6.07) is 1.79. The molecule has 1 atom stereocenters. The molecule has 1 amide bonds. The van der Waals surface area contributed by atoms with Gasteiger partial charge in [0, 0.05) is 63.8 Å². The Morgan fingerprint density at radius 3 is 2.80 bits per heavy atom. The largest absolute Gasteiger partial charge is 0.345 e. The SMILES string of the molecule is CN1CC(CN2CC(Cn3nc4c(cc3=O)CSCC4)C2)CCC1=O. The zero-order chi connectivity index (χ0) is 17.4. The molecule has 2 saturated heterocycles. The van der Waals surface area contributed by atoms with Gasteiger partial charge in [-0.2, -0.15) is 16.9 Å². The highest BCUT2D eigenvalue weighted by atomic mass is 32.2. The van der Waals surface area contributed by atoms with Crippen molar-refractivity contribution < 1.29 is 4.79 Å². The summed E-state index contributed by atoms with van der Waals surface area (Å²) in [5.41, 5.74) is 2.29. The number of thioether (sulfide) groups is 1. The number of carbonyl (C=O) groups is 1. The molecule has 6 nitrogen and oxygen atoms in total. The zero-order valence-corrected chi connectivity index (χ0v) is 15.6. The van der Waals surface area contributed by atoms with Crippen molar-refractivity contribution in [3.63, 3.8) is 0 Å². The van der Waals surface area contributed by atoms with Crippen molar-refractivity contribution >= 4 is 17.7 Å². The molecule has 0 N–H and O–H groups in total. The van der Waals surface area contributed by atoms with Gasteiger partial charge in [-0.3, -0.25) is 9.59 Å². The third kappa shape index (κ3) is 3.77. The molecule has 0 saturated carbocycles. The van der Waals surface area contributed by atoms with Crippen LogP contribution in [0.4, 0.5) is 0 Å². The minimum Gasteiger partial charge on any atom is -0.345 e. The van der Waals surface area contributed by atoms with Gasteiger partial charge in [0.15, 0.2) is 0 Å². The van der Waals surface area contributed by atoms with E-state index in [9.17, 15) is 9.59 Å². The van der Waals surface area contributed by atoms with Crippen molar-refractivity contribution in [2.75, 3.05) is 39.0 Å². The van der Waals surface area contributed by atoms with Crippen LogP contribution < -0.4 is 5.56 Å². The van der Waals surface area contributed by atoms with Crippen LogP contribution in [0.25, 0.3) is 0 Å². The summed E-state index contributed by atoms with van der Waals surface area (Å²) in [4.78, 5) is 28.2. The molecule has 0 spiro atoms. The lowest BCUT2D eigenvalue weighted by Crippen LogP contribution is -2.53. The Balaban J connectivity index is 1.29. The van der Waals surface area contributed by atoms with Gasteiger partial charge in [0.1, 0.15) is 0 Å². The number of nitrogens with zero attached hydrogens (tertiary/aromatic N) is 4. The monoisotopic (exact) mass is 362 g/mol. The molecule has 0 aromatic carbocycles. The maximum Gasteiger partial charge on any atom is 0.267 e. The Labute approximate surface area is 152 Å². The Kier molecular flexibility index (Phi) is 4.86. The Morgan fingerprint density at radius 1 is 1.16 bits per heavy atom. The van der Waals surface area contributed by atoms with Crippen molar-refractivity contribution in [2.45, 2.75) is 31.6 Å². The lowest BCUT2D eigenvalue weighted by Gasteiger charge is -2.42. The van der Waals surface area contributed by atoms with Crippen molar-refractivity contribution in [1.29, 1.82) is 0 Å². The van der Waals surface area contributed by atoms with Gasteiger partial charge in [-0.1, -0.05) is 0 Å². The highest BCUT2D eigenvalue weighted by Crippen LogP contribution is 2.24. The van der Waals surface area contributed by atoms with Crippen LogP contribution in [0.1, 0.15) is 24.1 Å². The van der Waals surface area contributed by atoms with Crippen molar-refractivity contribution in [3.05, 3.63) is 27.7 Å². The van der Waals surface area contributed by atoms with Crippen molar-refractivity contribution in [1.82, 2.24) is 19.6 Å². The fraction of sp³-hybridized carbons (Fsp3) is 0.722. The molecule has 2 fully saturated rings. The first-order valence-electron chi connectivity index (χ1n) is 9.22. The second-order valence-electron chi connectivity index (χ2n) is 7.70. The van der Waals surface area contributed by atoms with Crippen LogP contribution >= 0.6 is 11.8 Å². The first kappa shape index (κ1) is 17.1. The third-order valence-corrected chi connectivity index (χ3v) is 6.62. The molecular weight excluding hydrogens is 336 g/mol. The fourth-order valence-corrected chi connectivity index (χ4v) is 5.13. The number of likely N-dealkylation sites (tertiary alicyclic amines) is 2. The molecule has 3 aliphatic rings. The van der Waals surface area contributed by atoms with Crippen LogP contribution in [0.2, 0.25) is 0 Å². The predicted molar refractivity (Wildman–Crippen MR) is 98.7 cm³/mol. The van der Waals surface area contributed by atoms with Gasteiger partial charge >= 0.3 is 0 Å². The van der Waals surface area contributed by atoms with E-state index in [-0.39, 0.29) is 11.5 Å². The average Bonchev–Trinajstić information content (AvgIpc) is 2.56. The molecule has 25 heavy (non-hydrogen) atoms. The Bertz CT molecular complexity index is 714. The van der Waals surface area contributed by atoms with Crippen molar-refractivity contribution in [2.24, 2.45) is 11.8 Å². The second-order valence-corrected chi connectivity index (χ2v) is 8.81. The molecule has 3 aliphatic heterocycles. The highest BCUT2D eigenvalue weighted by Gasteiger charge is 2.31. The van der Waals surface area contributed by atoms with Crippen LogP contribution in [0.3, 0.4) is 0 Å². The summed E-state index contributed by atoms with van der Waals surface area (Å²) in [5.74, 6) is 3.41. The number of rotatable bonds is 4. The molecule has 7 heteroatoms. The molecule has 0 aliphatic carbocycles. The number of carbonyl (C=O) groups excluding carboxylic acids is 1. The number of amides is 1. The minimum absolute atomic E-state index is 0.0483. The number of aryl methyl sites for hydroxylation is 1. The molecule has 1 unspecified atom stereocenters. The molecule has 0 bridgehead atoms. The molecule has 0 radical (unpaired) electrons. The fourth-order valence-electron chi connectivity index (χ4n) is 4.18. The normalized spacial score (nSPS) is 24.9. The van der Waals surface area contributed by atoms with Gasteiger partial charge in [0.25, 0.3) is 5.56 Å². The number of aromatic nitrogens is 2. The van der Waals surface area contributed by atoms with E-state index in [1.165, 1.54) is 0 Å². The quantitative estimate of drug-likeness (QED) is 0.794. The maximum absolute atomic E-state index is 12.3. The number of hydrogen-bond acceptors (Lipinski definition) is 5. The van der Waals surface area contributed by atoms with Gasteiger partial charge in [-0.05, 0) is 23.7 Å². The molecule has 4 heterocycles. The van der Waals surface area contributed by atoms with Gasteiger partial charge in [-0.25, -0.2) is 4.68 Å². The summed E-state index contributed by atoms with van der Waals surface area (Å²) >= 11 is 1.88. The average molecular weight is 362 g/mol. The van der Waals surface area contributed by atoms with Gasteiger partial charge in [0.05, 0.1) is 12.2 Å². The smallest absolute Gasteiger partial charge is 0.267 e. The third-order valence-electron chi connectivity index (χ3n) is 5.61. The van der Waals surface area contributed by atoms with Crippen LogP contribution in [0.15, 0.2) is 10.9 Å². The maximum atomic E-state index is 12.3. The number of piperidine rings is 1. The molecule has 1 aromatic rings. The zero-order valence-electron chi connectivity index (χ0n) is 14.8.